The van der Waals surface area contributed by atoms with Crippen molar-refractivity contribution in [3.8, 4) is 0 Å². The summed E-state index contributed by atoms with van der Waals surface area (Å²) in [5.74, 6) is 2.17. The second kappa shape index (κ2) is 12.9. The van der Waals surface area contributed by atoms with Crippen LogP contribution >= 0.6 is 31.9 Å². The van der Waals surface area contributed by atoms with Gasteiger partial charge in [0, 0.05) is 76.8 Å². The Morgan fingerprint density at radius 1 is 0.652 bits per heavy atom. The molecular weight excluding hydrogens is 700 g/mol. The van der Waals surface area contributed by atoms with Gasteiger partial charge in [-0.05, 0) is 60.4 Å². The molecule has 6 aromatic rings. The van der Waals surface area contributed by atoms with E-state index in [-0.39, 0.29) is 0 Å². The summed E-state index contributed by atoms with van der Waals surface area (Å²) in [4.78, 5) is 16.8. The van der Waals surface area contributed by atoms with Crippen molar-refractivity contribution in [1.82, 2.24) is 9.97 Å². The molecule has 0 aliphatic carbocycles. The van der Waals surface area contributed by atoms with E-state index in [9.17, 15) is 0 Å². The molecule has 2 aromatic heterocycles. The third-order valence-electron chi connectivity index (χ3n) is 8.81. The Bertz CT molecular complexity index is 2030. The van der Waals surface area contributed by atoms with Gasteiger partial charge < -0.3 is 20.4 Å². The number of hydrogen-bond donors (Lipinski definition) is 1. The molecule has 0 unspecified atom stereocenters. The van der Waals surface area contributed by atoms with Crippen LogP contribution in [0.3, 0.4) is 0 Å². The van der Waals surface area contributed by atoms with Gasteiger partial charge in [-0.25, -0.2) is 9.97 Å². The van der Waals surface area contributed by atoms with Crippen LogP contribution in [0.2, 0.25) is 0 Å². The Morgan fingerprint density at radius 3 is 1.67 bits per heavy atom. The molecule has 0 radical (unpaired) electrons. The van der Waals surface area contributed by atoms with Crippen LogP contribution < -0.4 is 20.4 Å². The maximum Gasteiger partial charge on any atom is 0.134 e. The molecule has 0 spiro atoms. The fourth-order valence-electron chi connectivity index (χ4n) is 6.66. The van der Waals surface area contributed by atoms with Crippen molar-refractivity contribution in [3.63, 3.8) is 0 Å². The number of nitrogen functional groups attached to an aromatic ring is 1. The van der Waals surface area contributed by atoms with E-state index in [2.05, 4.69) is 140 Å². The van der Waals surface area contributed by atoms with Crippen LogP contribution in [0.1, 0.15) is 22.3 Å². The number of hydrogen-bond acceptors (Lipinski definition) is 6. The first-order valence-electron chi connectivity index (χ1n) is 15.6. The number of nitrogens with two attached hydrogens (primary N) is 1. The molecule has 8 rings (SSSR count). The lowest BCUT2D eigenvalue weighted by molar-refractivity contribution is 0.827. The van der Waals surface area contributed by atoms with Crippen LogP contribution in [0.25, 0.3) is 21.8 Å². The fraction of sp³-hybridized carbons (Fsp3) is 0.211. The van der Waals surface area contributed by atoms with Gasteiger partial charge in [-0.1, -0.05) is 92.5 Å². The van der Waals surface area contributed by atoms with Crippen LogP contribution in [0, 0.1) is 0 Å². The molecule has 0 fully saturated rings. The minimum Gasteiger partial charge on any atom is -0.398 e. The lowest BCUT2D eigenvalue weighted by atomic mass is 10.1. The average Bonchev–Trinajstić information content (AvgIpc) is 3.65. The molecule has 0 saturated heterocycles. The zero-order valence-electron chi connectivity index (χ0n) is 26.0. The predicted octanol–water partition coefficient (Wildman–Crippen LogP) is 8.77. The maximum atomic E-state index is 6.41. The van der Waals surface area contributed by atoms with Crippen molar-refractivity contribution in [1.29, 1.82) is 0 Å². The molecule has 232 valence electrons. The molecule has 4 heterocycles. The topological polar surface area (TPSA) is 61.5 Å². The van der Waals surface area contributed by atoms with Crippen LogP contribution in [0.5, 0.6) is 0 Å². The Morgan fingerprint density at radius 2 is 1.13 bits per heavy atom. The standard InChI is InChI=1S/C20H20BrN3.C18H16BrN3/c1-23(2)19-16-10-11-24(13-14-6-4-3-5-7-14)20(16)22-18-9-8-15(21)12-17(18)19;19-13-6-7-16-15(10-13)17(20)14-8-9-22(18(14)21-16)11-12-4-2-1-3-5-12/h3-9,12H,10-11,13H2,1-2H3;1-7,10H,8-9,11H2,(H2,20,21). The van der Waals surface area contributed by atoms with Crippen molar-refractivity contribution < 1.29 is 0 Å². The lowest BCUT2D eigenvalue weighted by Crippen LogP contribution is -2.20. The summed E-state index contributed by atoms with van der Waals surface area (Å²) in [5.41, 5.74) is 15.8. The summed E-state index contributed by atoms with van der Waals surface area (Å²) in [6, 6.07) is 33.6. The number of fused-ring (bicyclic) bond motifs is 4. The normalized spacial score (nSPS) is 13.5. The fourth-order valence-corrected chi connectivity index (χ4v) is 7.39. The van der Waals surface area contributed by atoms with Crippen LogP contribution in [-0.2, 0) is 25.9 Å². The summed E-state index contributed by atoms with van der Waals surface area (Å²) in [5, 5.41) is 2.25. The van der Waals surface area contributed by atoms with Crippen molar-refractivity contribution in [2.45, 2.75) is 25.9 Å². The van der Waals surface area contributed by atoms with Crippen LogP contribution in [-0.4, -0.2) is 37.2 Å². The quantitative estimate of drug-likeness (QED) is 0.191. The van der Waals surface area contributed by atoms with Gasteiger partial charge in [0.15, 0.2) is 0 Å². The minimum absolute atomic E-state index is 0.872. The molecule has 2 N–H and O–H groups in total. The third-order valence-corrected chi connectivity index (χ3v) is 9.79. The van der Waals surface area contributed by atoms with Gasteiger partial charge in [0.05, 0.1) is 16.7 Å². The van der Waals surface area contributed by atoms with E-state index < -0.39 is 0 Å². The first-order chi connectivity index (χ1) is 22.4. The number of halogens is 2. The second-order valence-corrected chi connectivity index (χ2v) is 14.0. The first-order valence-corrected chi connectivity index (χ1v) is 17.2. The molecule has 2 aliphatic rings. The van der Waals surface area contributed by atoms with Crippen molar-refractivity contribution in [2.24, 2.45) is 0 Å². The largest absolute Gasteiger partial charge is 0.398 e. The molecular formula is C38H36Br2N6. The molecule has 46 heavy (non-hydrogen) atoms. The monoisotopic (exact) mass is 734 g/mol. The average molecular weight is 737 g/mol. The number of anilines is 4. The maximum absolute atomic E-state index is 6.41. The molecule has 0 atom stereocenters. The highest BCUT2D eigenvalue weighted by atomic mass is 79.9. The minimum atomic E-state index is 0.872. The molecule has 2 aliphatic heterocycles. The van der Waals surface area contributed by atoms with E-state index in [1.165, 1.54) is 33.3 Å². The predicted molar refractivity (Wildman–Crippen MR) is 200 cm³/mol. The Kier molecular flexibility index (Phi) is 8.58. The Balaban J connectivity index is 0.000000147. The number of rotatable bonds is 5. The molecule has 0 amide bonds. The van der Waals surface area contributed by atoms with E-state index in [4.69, 9.17) is 15.7 Å². The summed E-state index contributed by atoms with van der Waals surface area (Å²) in [6.45, 7) is 3.78. The lowest BCUT2D eigenvalue weighted by Gasteiger charge is -2.22. The van der Waals surface area contributed by atoms with Crippen molar-refractivity contribution in [2.75, 3.05) is 47.6 Å². The van der Waals surface area contributed by atoms with Gasteiger partial charge >= 0.3 is 0 Å². The first kappa shape index (κ1) is 30.5. The van der Waals surface area contributed by atoms with E-state index in [0.717, 1.165) is 81.7 Å². The summed E-state index contributed by atoms with van der Waals surface area (Å²) in [6.07, 6.45) is 2.01. The molecule has 4 aromatic carbocycles. The zero-order valence-corrected chi connectivity index (χ0v) is 29.2. The van der Waals surface area contributed by atoms with Gasteiger partial charge in [-0.15, -0.1) is 0 Å². The van der Waals surface area contributed by atoms with Gasteiger partial charge in [-0.3, -0.25) is 0 Å². The molecule has 8 heteroatoms. The summed E-state index contributed by atoms with van der Waals surface area (Å²) >= 11 is 7.11. The van der Waals surface area contributed by atoms with Crippen LogP contribution in [0.15, 0.2) is 106 Å². The number of aromatic nitrogens is 2. The number of nitrogens with zero attached hydrogens (tertiary/aromatic N) is 5. The van der Waals surface area contributed by atoms with Crippen molar-refractivity contribution in [3.05, 3.63) is 128 Å². The highest BCUT2D eigenvalue weighted by Crippen LogP contribution is 2.40. The van der Waals surface area contributed by atoms with Gasteiger partial charge in [0.1, 0.15) is 11.6 Å². The van der Waals surface area contributed by atoms with E-state index >= 15 is 0 Å². The second-order valence-electron chi connectivity index (χ2n) is 12.1. The Labute approximate surface area is 287 Å². The van der Waals surface area contributed by atoms with Gasteiger partial charge in [-0.2, -0.15) is 0 Å². The zero-order chi connectivity index (χ0) is 31.8. The SMILES string of the molecule is CN(C)c1c2c(nc3ccc(Br)cc13)N(Cc1ccccc1)CC2.Nc1c2c(nc3ccc(Br)cc13)N(Cc1ccccc1)CC2. The van der Waals surface area contributed by atoms with Gasteiger partial charge in [0.2, 0.25) is 0 Å². The summed E-state index contributed by atoms with van der Waals surface area (Å²) < 4.78 is 2.13. The molecule has 0 bridgehead atoms. The van der Waals surface area contributed by atoms with Crippen LogP contribution in [0.4, 0.5) is 23.0 Å². The highest BCUT2D eigenvalue weighted by molar-refractivity contribution is 9.10. The van der Waals surface area contributed by atoms with Gasteiger partial charge in [0.25, 0.3) is 0 Å². The smallest absolute Gasteiger partial charge is 0.134 e. The summed E-state index contributed by atoms with van der Waals surface area (Å²) in [7, 11) is 4.24. The van der Waals surface area contributed by atoms with E-state index in [0.29, 0.717) is 0 Å². The Hall–Kier alpha value is -4.14. The molecule has 6 nitrogen and oxygen atoms in total. The molecule has 0 saturated carbocycles. The third kappa shape index (κ3) is 6.04. The van der Waals surface area contributed by atoms with E-state index in [1.807, 2.05) is 18.2 Å². The number of pyridine rings is 2. The number of benzene rings is 4. The highest BCUT2D eigenvalue weighted by Gasteiger charge is 2.27. The van der Waals surface area contributed by atoms with Crippen molar-refractivity contribution >= 4 is 76.7 Å². The van der Waals surface area contributed by atoms with E-state index in [1.54, 1.807) is 0 Å².